The number of carbonyl (C=O) groups is 4. The Kier molecular flexibility index (Phi) is 10.2. The van der Waals surface area contributed by atoms with Crippen molar-refractivity contribution in [3.63, 3.8) is 0 Å². The van der Waals surface area contributed by atoms with Crippen LogP contribution in [0.15, 0.2) is 35.4 Å². The van der Waals surface area contributed by atoms with Crippen molar-refractivity contribution in [2.45, 2.75) is 183 Å². The van der Waals surface area contributed by atoms with Crippen molar-refractivity contribution in [2.24, 2.45) is 0 Å². The Bertz CT molecular complexity index is 2010. The molecule has 9 rings (SSSR count). The average Bonchev–Trinajstić information content (AvgIpc) is 3.16. The molecule has 5 aliphatic heterocycles. The predicted octanol–water partition coefficient (Wildman–Crippen LogP) is 2.74. The number of phenolic OH excluding ortho intramolecular Hbond substituents is 1. The number of rotatable bonds is 5. The topological polar surface area (TPSA) is 223 Å². The first-order valence-electron chi connectivity index (χ1n) is 20.7. The highest BCUT2D eigenvalue weighted by Crippen LogP contribution is 2.53. The van der Waals surface area contributed by atoms with Crippen molar-refractivity contribution in [2.75, 3.05) is 0 Å². The van der Waals surface area contributed by atoms with Crippen LogP contribution in [-0.2, 0) is 47.5 Å². The van der Waals surface area contributed by atoms with Gasteiger partial charge in [0.2, 0.25) is 0 Å². The molecule has 3 aliphatic carbocycles. The quantitative estimate of drug-likeness (QED) is 0.335. The largest absolute Gasteiger partial charge is 0.507 e. The van der Waals surface area contributed by atoms with Crippen molar-refractivity contribution < 1.29 is 77.5 Å². The monoisotopic (exact) mass is 824 g/mol. The summed E-state index contributed by atoms with van der Waals surface area (Å²) in [5, 5.41) is 46.1. The number of aliphatic hydroxyl groups excluding tert-OH is 1. The highest BCUT2D eigenvalue weighted by Gasteiger charge is 2.67. The van der Waals surface area contributed by atoms with E-state index in [0.29, 0.717) is 25.7 Å². The van der Waals surface area contributed by atoms with Crippen LogP contribution in [0.2, 0.25) is 0 Å². The van der Waals surface area contributed by atoms with Crippen LogP contribution in [0.3, 0.4) is 0 Å². The van der Waals surface area contributed by atoms with Crippen LogP contribution in [0, 0.1) is 0 Å². The zero-order valence-corrected chi connectivity index (χ0v) is 33.7. The normalized spacial score (nSPS) is 45.9. The molecule has 0 bridgehead atoms. The second kappa shape index (κ2) is 14.7. The van der Waals surface area contributed by atoms with E-state index in [1.165, 1.54) is 18.2 Å². The van der Waals surface area contributed by atoms with Crippen LogP contribution in [0.1, 0.15) is 118 Å². The molecule has 0 amide bonds. The number of fused-ring (bicyclic) bond motifs is 5. The second-order valence-corrected chi connectivity index (χ2v) is 17.8. The van der Waals surface area contributed by atoms with E-state index in [9.17, 15) is 39.6 Å². The number of phenols is 1. The van der Waals surface area contributed by atoms with Crippen molar-refractivity contribution in [3.05, 3.63) is 52.1 Å². The van der Waals surface area contributed by atoms with Gasteiger partial charge < -0.3 is 58.3 Å². The maximum Gasteiger partial charge on any atom is 0.198 e. The SMILES string of the molecule is C[C@@H]1O[C@H]2O[C@H]3[C@@H](C)O[C@@H](c4ccc5c(c4O)C(=O)C4=C(C5=O)[C@@]5(O)C(=O)C[C@](C)(O[C@H]6CC[C@H](O[C@H]7CC[C@H](O)[C@H](C)O7)[C@H](C)O6)C[C@@]5(O)C=C4)C[C@H]3O[C@H]2CC1=O. The number of Topliss-reactive ketones (excluding diaryl/α,β-unsaturated/α-hetero) is 4. The van der Waals surface area contributed by atoms with Gasteiger partial charge in [-0.15, -0.1) is 0 Å². The van der Waals surface area contributed by atoms with E-state index in [4.69, 9.17) is 37.9 Å². The van der Waals surface area contributed by atoms with Crippen LogP contribution < -0.4 is 0 Å². The fraction of sp³-hybridized carbons (Fsp3) is 0.674. The Morgan fingerprint density at radius 3 is 2.31 bits per heavy atom. The molecule has 16 atom stereocenters. The number of aliphatic hydroxyl groups is 3. The summed E-state index contributed by atoms with van der Waals surface area (Å²) in [6.07, 6.45) is -3.16. The zero-order valence-electron chi connectivity index (χ0n) is 33.7. The smallest absolute Gasteiger partial charge is 0.198 e. The molecule has 4 N–H and O–H groups in total. The van der Waals surface area contributed by atoms with Crippen LogP contribution in [0.5, 0.6) is 5.75 Å². The van der Waals surface area contributed by atoms with Gasteiger partial charge in [0.1, 0.15) is 29.7 Å². The molecule has 16 nitrogen and oxygen atoms in total. The molecule has 59 heavy (non-hydrogen) atoms. The summed E-state index contributed by atoms with van der Waals surface area (Å²) < 4.78 is 49.0. The molecule has 5 saturated heterocycles. The maximum atomic E-state index is 14.4. The van der Waals surface area contributed by atoms with Crippen LogP contribution in [-0.4, -0.2) is 134 Å². The summed E-state index contributed by atoms with van der Waals surface area (Å²) in [5.41, 5.74) is -7.67. The lowest BCUT2D eigenvalue weighted by atomic mass is 9.57. The Balaban J connectivity index is 0.907. The average molecular weight is 825 g/mol. The minimum absolute atomic E-state index is 0.0980. The van der Waals surface area contributed by atoms with Gasteiger partial charge in [0, 0.05) is 55.2 Å². The van der Waals surface area contributed by atoms with E-state index in [1.54, 1.807) is 27.7 Å². The fourth-order valence-electron chi connectivity index (χ4n) is 10.4. The molecular formula is C43H52O16. The molecule has 8 aliphatic rings. The number of hydrogen-bond donors (Lipinski definition) is 4. The number of aromatic hydroxyl groups is 1. The van der Waals surface area contributed by atoms with Crippen molar-refractivity contribution in [3.8, 4) is 5.75 Å². The summed E-state index contributed by atoms with van der Waals surface area (Å²) >= 11 is 0. The Morgan fingerprint density at radius 1 is 0.814 bits per heavy atom. The van der Waals surface area contributed by atoms with Gasteiger partial charge in [-0.3, -0.25) is 19.2 Å². The maximum absolute atomic E-state index is 14.4. The standard InChI is InChI=1S/C43H52O16/c1-18-25(44)8-10-32(53-18)57-27-9-11-33(54-20(27)3)59-41(5)16-31(46)43(51)35-24(12-13-42(43,50)17-41)37(48)34-23(38(35)49)7-6-22(36(34)47)28-15-29-39(21(4)52-28)58-40-30(56-29)14-26(45)19(2)55-40/h6-7,12-13,18-21,25,27-30,32-33,39-40,44,47,50-51H,8-11,14-17H2,1-5H3/t18-,19-,20-,21+,25-,27-,28+,29+,30-,32-,33-,39-,40-,41-,42-,43-/m0/s1. The molecule has 320 valence electrons. The zero-order chi connectivity index (χ0) is 41.9. The van der Waals surface area contributed by atoms with Gasteiger partial charge in [-0.25, -0.2) is 0 Å². The fourth-order valence-corrected chi connectivity index (χ4v) is 10.4. The van der Waals surface area contributed by atoms with E-state index in [0.717, 1.165) is 6.08 Å². The highest BCUT2D eigenvalue weighted by molar-refractivity contribution is 6.32. The number of hydrogen-bond acceptors (Lipinski definition) is 16. The molecule has 1 aromatic rings. The van der Waals surface area contributed by atoms with Gasteiger partial charge in [-0.2, -0.15) is 0 Å². The van der Waals surface area contributed by atoms with Gasteiger partial charge in [-0.1, -0.05) is 12.1 Å². The molecule has 16 heteroatoms. The van der Waals surface area contributed by atoms with E-state index in [1.807, 2.05) is 6.92 Å². The van der Waals surface area contributed by atoms with Crippen LogP contribution in [0.25, 0.3) is 0 Å². The molecule has 0 radical (unpaired) electrons. The van der Waals surface area contributed by atoms with Crippen molar-refractivity contribution in [1.29, 1.82) is 0 Å². The second-order valence-electron chi connectivity index (χ2n) is 17.8. The van der Waals surface area contributed by atoms with Crippen molar-refractivity contribution in [1.82, 2.24) is 0 Å². The van der Waals surface area contributed by atoms with E-state index in [-0.39, 0.29) is 59.5 Å². The van der Waals surface area contributed by atoms with E-state index >= 15 is 0 Å². The highest BCUT2D eigenvalue weighted by atomic mass is 16.7. The number of carbonyl (C=O) groups excluding carboxylic acids is 4. The summed E-state index contributed by atoms with van der Waals surface area (Å²) in [6.45, 7) is 8.72. The third-order valence-electron chi connectivity index (χ3n) is 13.6. The molecular weight excluding hydrogens is 772 g/mol. The Labute approximate surface area is 340 Å². The van der Waals surface area contributed by atoms with Gasteiger partial charge in [0.25, 0.3) is 0 Å². The number of ether oxygens (including phenoxy) is 8. The Hall–Kier alpha value is -3.26. The summed E-state index contributed by atoms with van der Waals surface area (Å²) in [5.74, 6) is -3.20. The van der Waals surface area contributed by atoms with Crippen molar-refractivity contribution >= 4 is 23.1 Å². The third kappa shape index (κ3) is 6.70. The lowest BCUT2D eigenvalue weighted by molar-refractivity contribution is -0.347. The van der Waals surface area contributed by atoms with E-state index in [2.05, 4.69) is 0 Å². The molecule has 1 aromatic carbocycles. The number of benzene rings is 1. The summed E-state index contributed by atoms with van der Waals surface area (Å²) in [7, 11) is 0. The van der Waals surface area contributed by atoms with Crippen LogP contribution >= 0.6 is 0 Å². The first-order valence-corrected chi connectivity index (χ1v) is 20.7. The molecule has 0 aromatic heterocycles. The molecule has 6 fully saturated rings. The van der Waals surface area contributed by atoms with Crippen LogP contribution in [0.4, 0.5) is 0 Å². The third-order valence-corrected chi connectivity index (χ3v) is 13.6. The number of allylic oxidation sites excluding steroid dienone is 2. The number of ketones is 4. The van der Waals surface area contributed by atoms with Gasteiger partial charge in [0.05, 0.1) is 59.5 Å². The summed E-state index contributed by atoms with van der Waals surface area (Å²) in [6, 6.07) is 2.81. The van der Waals surface area contributed by atoms with Gasteiger partial charge in [0.15, 0.2) is 47.6 Å². The molecule has 0 spiro atoms. The lowest BCUT2D eigenvalue weighted by Crippen LogP contribution is -2.69. The summed E-state index contributed by atoms with van der Waals surface area (Å²) in [4.78, 5) is 55.2. The lowest BCUT2D eigenvalue weighted by Gasteiger charge is -2.53. The van der Waals surface area contributed by atoms with Gasteiger partial charge in [-0.05, 0) is 59.6 Å². The van der Waals surface area contributed by atoms with E-state index < -0.39 is 120 Å². The first kappa shape index (κ1) is 41.1. The molecule has 0 unspecified atom stereocenters. The molecule has 1 saturated carbocycles. The molecule has 5 heterocycles. The minimum atomic E-state index is -2.79. The Morgan fingerprint density at radius 2 is 1.56 bits per heavy atom. The van der Waals surface area contributed by atoms with Gasteiger partial charge >= 0.3 is 0 Å². The predicted molar refractivity (Wildman–Crippen MR) is 200 cm³/mol. The minimum Gasteiger partial charge on any atom is -0.507 e. The first-order chi connectivity index (χ1) is 27.9.